The van der Waals surface area contributed by atoms with E-state index in [0.29, 0.717) is 18.5 Å². The van der Waals surface area contributed by atoms with E-state index in [1.807, 2.05) is 31.2 Å². The Hall–Kier alpha value is -3.39. The number of ether oxygens (including phenoxy) is 1. The van der Waals surface area contributed by atoms with Crippen LogP contribution in [0.4, 0.5) is 0 Å². The zero-order chi connectivity index (χ0) is 22.2. The zero-order valence-corrected chi connectivity index (χ0v) is 18.0. The number of aliphatic hydroxyl groups excluding tert-OH is 1. The first-order valence-electron chi connectivity index (χ1n) is 10.3. The number of nitrogens with one attached hydrogen (secondary N) is 2. The molecule has 2 unspecified atom stereocenters. The molecular formula is C23H30N6O2. The molecule has 8 nitrogen and oxygen atoms in total. The molecule has 0 radical (unpaired) electrons. The van der Waals surface area contributed by atoms with Crippen molar-refractivity contribution in [3.05, 3.63) is 72.0 Å². The molecule has 0 aromatic carbocycles. The third-order valence-electron chi connectivity index (χ3n) is 5.11. The lowest BCUT2D eigenvalue weighted by Crippen LogP contribution is -2.44. The maximum Gasteiger partial charge on any atom is 0.220 e. The fraction of sp³-hybridized carbons (Fsp3) is 0.348. The van der Waals surface area contributed by atoms with Crippen LogP contribution in [0.3, 0.4) is 0 Å². The predicted octanol–water partition coefficient (Wildman–Crippen LogP) is 2.37. The SMILES string of the molecule is C=N/C(OC)=C(\C=C/C)C1=CC(C(O)N/C=C/C(=C)C2=NN=CN(C3CC3)C2)NC=C1. The fourth-order valence-corrected chi connectivity index (χ4v) is 3.28. The van der Waals surface area contributed by atoms with Crippen LogP contribution in [0.15, 0.2) is 87.2 Å². The van der Waals surface area contributed by atoms with Gasteiger partial charge in [0.15, 0.2) is 0 Å². The third kappa shape index (κ3) is 5.82. The molecule has 1 aliphatic carbocycles. The van der Waals surface area contributed by atoms with Crippen molar-refractivity contribution in [3.63, 3.8) is 0 Å². The van der Waals surface area contributed by atoms with Gasteiger partial charge < -0.3 is 25.4 Å². The minimum Gasteiger partial charge on any atom is -0.481 e. The molecule has 2 heterocycles. The summed E-state index contributed by atoms with van der Waals surface area (Å²) in [5.41, 5.74) is 3.24. The standard InChI is InChI=1S/C23H30N6O2/c1-5-6-19(23(24-3)31-4)17-10-12-25-20(13-17)22(30)26-11-9-16(2)21-14-29(15-27-28-21)18-7-8-18/h5-6,9-13,15,18,20,22,25-26,30H,2-3,7-8,14H2,1,4H3/b6-5-,11-9+,23-19-. The number of aliphatic imine (C=N–C) groups is 1. The number of methoxy groups -OCH3 is 1. The Bertz CT molecular complexity index is 905. The minimum atomic E-state index is -0.868. The second kappa shape index (κ2) is 10.6. The van der Waals surface area contributed by atoms with Crippen molar-refractivity contribution in [1.82, 2.24) is 15.5 Å². The molecule has 0 aromatic heterocycles. The van der Waals surface area contributed by atoms with Gasteiger partial charge in [-0.3, -0.25) is 0 Å². The van der Waals surface area contributed by atoms with E-state index in [0.717, 1.165) is 22.4 Å². The van der Waals surface area contributed by atoms with Crippen LogP contribution in [0.2, 0.25) is 0 Å². The molecule has 3 aliphatic rings. The molecule has 31 heavy (non-hydrogen) atoms. The molecule has 1 saturated carbocycles. The van der Waals surface area contributed by atoms with Crippen LogP contribution in [0.5, 0.6) is 0 Å². The van der Waals surface area contributed by atoms with E-state index >= 15 is 0 Å². The molecule has 0 spiro atoms. The largest absolute Gasteiger partial charge is 0.481 e. The molecule has 0 saturated heterocycles. The van der Waals surface area contributed by atoms with Gasteiger partial charge in [0.25, 0.3) is 0 Å². The summed E-state index contributed by atoms with van der Waals surface area (Å²) in [6.45, 7) is 10.3. The second-order valence-corrected chi connectivity index (χ2v) is 7.38. The van der Waals surface area contributed by atoms with Crippen LogP contribution in [-0.2, 0) is 4.74 Å². The van der Waals surface area contributed by atoms with Crippen LogP contribution < -0.4 is 10.6 Å². The molecule has 0 amide bonds. The molecule has 2 aliphatic heterocycles. The van der Waals surface area contributed by atoms with Gasteiger partial charge in [-0.15, -0.1) is 5.10 Å². The molecule has 8 heteroatoms. The predicted molar refractivity (Wildman–Crippen MR) is 126 cm³/mol. The smallest absolute Gasteiger partial charge is 0.220 e. The Morgan fingerprint density at radius 2 is 2.26 bits per heavy atom. The highest BCUT2D eigenvalue weighted by atomic mass is 16.5. The molecule has 0 aromatic rings. The van der Waals surface area contributed by atoms with Gasteiger partial charge in [0.2, 0.25) is 5.88 Å². The normalized spacial score (nSPS) is 22.5. The highest BCUT2D eigenvalue weighted by Gasteiger charge is 2.29. The Balaban J connectivity index is 1.61. The Morgan fingerprint density at radius 3 is 2.94 bits per heavy atom. The number of rotatable bonds is 10. The lowest BCUT2D eigenvalue weighted by Gasteiger charge is -2.25. The van der Waals surface area contributed by atoms with Crippen molar-refractivity contribution >= 4 is 18.8 Å². The van der Waals surface area contributed by atoms with E-state index in [1.165, 1.54) is 12.8 Å². The Labute approximate surface area is 183 Å². The van der Waals surface area contributed by atoms with Crippen LogP contribution in [0.1, 0.15) is 19.8 Å². The molecular weight excluding hydrogens is 392 g/mol. The van der Waals surface area contributed by atoms with Crippen molar-refractivity contribution in [2.24, 2.45) is 15.2 Å². The van der Waals surface area contributed by atoms with Crippen LogP contribution in [0, 0.1) is 0 Å². The van der Waals surface area contributed by atoms with Crippen molar-refractivity contribution < 1.29 is 9.84 Å². The van der Waals surface area contributed by atoms with Crippen molar-refractivity contribution in [2.45, 2.75) is 38.1 Å². The van der Waals surface area contributed by atoms with E-state index in [-0.39, 0.29) is 6.04 Å². The maximum atomic E-state index is 10.6. The minimum absolute atomic E-state index is 0.358. The van der Waals surface area contributed by atoms with Gasteiger partial charge in [-0.05, 0) is 68.3 Å². The number of aliphatic hydroxyl groups is 1. The summed E-state index contributed by atoms with van der Waals surface area (Å²) in [4.78, 5) is 6.13. The molecule has 2 atom stereocenters. The van der Waals surface area contributed by atoms with Crippen molar-refractivity contribution in [3.8, 4) is 0 Å². The first-order chi connectivity index (χ1) is 15.1. The number of allylic oxidation sites excluding steroid dienone is 6. The number of hydrogen-bond donors (Lipinski definition) is 3. The van der Waals surface area contributed by atoms with Gasteiger partial charge in [-0.25, -0.2) is 4.99 Å². The van der Waals surface area contributed by atoms with E-state index in [9.17, 15) is 5.11 Å². The molecule has 3 rings (SSSR count). The summed E-state index contributed by atoms with van der Waals surface area (Å²) in [7, 11) is 1.55. The number of nitrogens with zero attached hydrogens (tertiary/aromatic N) is 4. The highest BCUT2D eigenvalue weighted by molar-refractivity contribution is 6.05. The highest BCUT2D eigenvalue weighted by Crippen LogP contribution is 2.27. The van der Waals surface area contributed by atoms with Gasteiger partial charge in [-0.2, -0.15) is 5.10 Å². The van der Waals surface area contributed by atoms with Gasteiger partial charge in [0.1, 0.15) is 12.6 Å². The Morgan fingerprint density at radius 1 is 1.45 bits per heavy atom. The monoisotopic (exact) mass is 422 g/mol. The zero-order valence-electron chi connectivity index (χ0n) is 18.0. The summed E-state index contributed by atoms with van der Waals surface area (Å²) in [6, 6.07) is 0.219. The Kier molecular flexibility index (Phi) is 7.61. The summed E-state index contributed by atoms with van der Waals surface area (Å²) in [5.74, 6) is 0.421. The van der Waals surface area contributed by atoms with Gasteiger partial charge in [0.05, 0.1) is 25.4 Å². The summed E-state index contributed by atoms with van der Waals surface area (Å²) in [6.07, 6.45) is 16.2. The first-order valence-corrected chi connectivity index (χ1v) is 10.3. The van der Waals surface area contributed by atoms with Crippen LogP contribution in [-0.4, -0.2) is 60.7 Å². The van der Waals surface area contributed by atoms with Crippen LogP contribution in [0.25, 0.3) is 0 Å². The molecule has 0 bridgehead atoms. The molecule has 1 fully saturated rings. The van der Waals surface area contributed by atoms with E-state index in [1.54, 1.807) is 31.9 Å². The van der Waals surface area contributed by atoms with Gasteiger partial charge in [0, 0.05) is 11.6 Å². The lowest BCUT2D eigenvalue weighted by molar-refractivity contribution is 0.130. The van der Waals surface area contributed by atoms with Crippen molar-refractivity contribution in [2.75, 3.05) is 13.7 Å². The van der Waals surface area contributed by atoms with E-state index < -0.39 is 6.23 Å². The average molecular weight is 423 g/mol. The number of dihydropyridines is 1. The maximum absolute atomic E-state index is 10.6. The van der Waals surface area contributed by atoms with Crippen molar-refractivity contribution in [1.29, 1.82) is 0 Å². The van der Waals surface area contributed by atoms with Gasteiger partial charge >= 0.3 is 0 Å². The van der Waals surface area contributed by atoms with Gasteiger partial charge in [-0.1, -0.05) is 18.7 Å². The van der Waals surface area contributed by atoms with Crippen LogP contribution >= 0.6 is 0 Å². The van der Waals surface area contributed by atoms with E-state index in [2.05, 4.69) is 44.0 Å². The quantitative estimate of drug-likeness (QED) is 0.218. The second-order valence-electron chi connectivity index (χ2n) is 7.38. The topological polar surface area (TPSA) is 93.8 Å². The number of hydrogen-bond acceptors (Lipinski definition) is 8. The third-order valence-corrected chi connectivity index (χ3v) is 5.11. The average Bonchev–Trinajstić information content (AvgIpc) is 3.65. The summed E-state index contributed by atoms with van der Waals surface area (Å²) >= 11 is 0. The molecule has 164 valence electrons. The molecule has 3 N–H and O–H groups in total. The lowest BCUT2D eigenvalue weighted by atomic mass is 10.00. The first kappa shape index (κ1) is 22.3. The fourth-order valence-electron chi connectivity index (χ4n) is 3.28. The summed E-state index contributed by atoms with van der Waals surface area (Å²) < 4.78 is 5.32. The van der Waals surface area contributed by atoms with E-state index in [4.69, 9.17) is 4.74 Å². The summed E-state index contributed by atoms with van der Waals surface area (Å²) in [5, 5.41) is 25.0.